The lowest BCUT2D eigenvalue weighted by Gasteiger charge is -2.35. The Labute approximate surface area is 172 Å². The summed E-state index contributed by atoms with van der Waals surface area (Å²) in [4.78, 5) is 12.7. The summed E-state index contributed by atoms with van der Waals surface area (Å²) in [7, 11) is -3.47. The molecule has 6 nitrogen and oxygen atoms in total. The third kappa shape index (κ3) is 5.95. The van der Waals surface area contributed by atoms with Gasteiger partial charge in [0.1, 0.15) is 0 Å². The fraction of sp³-hybridized carbons (Fsp3) is 0.944. The lowest BCUT2D eigenvalue weighted by atomic mass is 9.87. The fourth-order valence-electron chi connectivity index (χ4n) is 4.43. The highest BCUT2D eigenvalue weighted by molar-refractivity contribution is 7.90. The van der Waals surface area contributed by atoms with Crippen molar-refractivity contribution in [2.45, 2.75) is 85.9 Å². The first-order chi connectivity index (χ1) is 12.8. The van der Waals surface area contributed by atoms with Crippen LogP contribution in [0.1, 0.15) is 57.8 Å². The molecule has 4 atom stereocenters. The molecule has 3 fully saturated rings. The Morgan fingerprint density at radius 3 is 2.37 bits per heavy atom. The van der Waals surface area contributed by atoms with Gasteiger partial charge in [-0.1, -0.05) is 0 Å². The number of hydrogen-bond donors (Lipinski definition) is 3. The first-order valence-electron chi connectivity index (χ1n) is 10.2. The van der Waals surface area contributed by atoms with E-state index in [2.05, 4.69) is 15.4 Å². The van der Waals surface area contributed by atoms with E-state index < -0.39 is 21.2 Å². The van der Waals surface area contributed by atoms with Gasteiger partial charge in [0.15, 0.2) is 0 Å². The monoisotopic (exact) mass is 439 g/mol. The van der Waals surface area contributed by atoms with Gasteiger partial charge in [-0.15, -0.1) is 23.2 Å². The van der Waals surface area contributed by atoms with Crippen molar-refractivity contribution in [3.8, 4) is 0 Å². The topological polar surface area (TPSA) is 87.3 Å². The number of carbonyl (C=O) groups is 1. The van der Waals surface area contributed by atoms with E-state index in [1.807, 2.05) is 0 Å². The van der Waals surface area contributed by atoms with Gasteiger partial charge in [0.05, 0.1) is 11.2 Å². The Morgan fingerprint density at radius 2 is 1.70 bits per heavy atom. The molecule has 156 valence electrons. The normalized spacial score (nSPS) is 38.3. The van der Waals surface area contributed by atoms with Crippen molar-refractivity contribution >= 4 is 39.1 Å². The van der Waals surface area contributed by atoms with Crippen molar-refractivity contribution in [1.82, 2.24) is 15.4 Å². The second-order valence-corrected chi connectivity index (χ2v) is 11.4. The van der Waals surface area contributed by atoms with Gasteiger partial charge in [-0.2, -0.15) is 0 Å². The van der Waals surface area contributed by atoms with Crippen LogP contribution in [0, 0.1) is 5.92 Å². The fourth-order valence-corrected chi connectivity index (χ4v) is 6.83. The minimum absolute atomic E-state index is 0.0423. The molecule has 1 amide bonds. The Balaban J connectivity index is 1.57. The maximum Gasteiger partial charge on any atom is 0.224 e. The molecule has 2 saturated carbocycles. The average Bonchev–Trinajstić information content (AvgIpc) is 2.64. The van der Waals surface area contributed by atoms with Crippen LogP contribution in [0.2, 0.25) is 0 Å². The zero-order valence-corrected chi connectivity index (χ0v) is 18.0. The van der Waals surface area contributed by atoms with Crippen LogP contribution < -0.4 is 15.4 Å². The minimum atomic E-state index is -3.47. The molecule has 3 rings (SSSR count). The Hall–Kier alpha value is -0.0800. The van der Waals surface area contributed by atoms with Gasteiger partial charge >= 0.3 is 0 Å². The molecule has 4 unspecified atom stereocenters. The van der Waals surface area contributed by atoms with Crippen LogP contribution in [-0.4, -0.2) is 55.5 Å². The molecular weight excluding hydrogens is 409 g/mol. The van der Waals surface area contributed by atoms with Crippen LogP contribution in [0.4, 0.5) is 0 Å². The average molecular weight is 440 g/mol. The van der Waals surface area contributed by atoms with Gasteiger partial charge in [0, 0.05) is 29.4 Å². The number of amides is 1. The minimum Gasteiger partial charge on any atom is -0.352 e. The molecule has 3 aliphatic rings. The Kier molecular flexibility index (Phi) is 7.70. The van der Waals surface area contributed by atoms with E-state index in [0.29, 0.717) is 19.3 Å². The van der Waals surface area contributed by atoms with Gasteiger partial charge in [0.25, 0.3) is 0 Å². The van der Waals surface area contributed by atoms with Crippen molar-refractivity contribution in [1.29, 1.82) is 0 Å². The quantitative estimate of drug-likeness (QED) is 0.572. The number of alkyl halides is 2. The van der Waals surface area contributed by atoms with E-state index in [1.54, 1.807) is 0 Å². The number of sulfonamides is 1. The molecule has 9 heteroatoms. The third-order valence-electron chi connectivity index (χ3n) is 6.12. The Bertz CT molecular complexity index is 605. The van der Waals surface area contributed by atoms with Crippen molar-refractivity contribution in [3.63, 3.8) is 0 Å². The van der Waals surface area contributed by atoms with E-state index in [-0.39, 0.29) is 28.7 Å². The summed E-state index contributed by atoms with van der Waals surface area (Å²) in [5.41, 5.74) is 0. The summed E-state index contributed by atoms with van der Waals surface area (Å²) in [5.74, 6) is -0.561. The molecule has 0 aromatic rings. The summed E-state index contributed by atoms with van der Waals surface area (Å²) in [6, 6.07) is 0.0651. The van der Waals surface area contributed by atoms with Crippen LogP contribution in [0.15, 0.2) is 0 Å². The second kappa shape index (κ2) is 9.61. The summed E-state index contributed by atoms with van der Waals surface area (Å²) >= 11 is 12.5. The first kappa shape index (κ1) is 21.6. The molecule has 0 aromatic heterocycles. The molecule has 1 saturated heterocycles. The second-order valence-electron chi connectivity index (χ2n) is 8.22. The van der Waals surface area contributed by atoms with E-state index in [9.17, 15) is 13.2 Å². The van der Waals surface area contributed by atoms with E-state index in [0.717, 1.165) is 51.6 Å². The van der Waals surface area contributed by atoms with E-state index in [1.165, 1.54) is 0 Å². The van der Waals surface area contributed by atoms with E-state index >= 15 is 0 Å². The number of piperidine rings is 1. The van der Waals surface area contributed by atoms with Crippen molar-refractivity contribution in [3.05, 3.63) is 0 Å². The molecule has 2 aliphatic carbocycles. The largest absolute Gasteiger partial charge is 0.352 e. The first-order valence-corrected chi connectivity index (χ1v) is 12.6. The van der Waals surface area contributed by atoms with Crippen molar-refractivity contribution in [2.75, 3.05) is 13.1 Å². The third-order valence-corrected chi connectivity index (χ3v) is 9.05. The highest BCUT2D eigenvalue weighted by atomic mass is 35.5. The number of nitrogens with one attached hydrogen (secondary N) is 3. The SMILES string of the molecule is O=C(NC1CCCNC1)C1CC(S(=O)(=O)NC2CCC(Cl)CC2)CCC1Cl. The van der Waals surface area contributed by atoms with Crippen molar-refractivity contribution < 1.29 is 13.2 Å². The van der Waals surface area contributed by atoms with Gasteiger partial charge in [-0.05, 0) is 64.3 Å². The highest BCUT2D eigenvalue weighted by Crippen LogP contribution is 2.33. The van der Waals surface area contributed by atoms with E-state index in [4.69, 9.17) is 23.2 Å². The zero-order valence-electron chi connectivity index (χ0n) is 15.6. The Morgan fingerprint density at radius 1 is 0.963 bits per heavy atom. The van der Waals surface area contributed by atoms with Crippen LogP contribution in [0.5, 0.6) is 0 Å². The summed E-state index contributed by atoms with van der Waals surface area (Å²) < 4.78 is 28.6. The maximum atomic E-state index is 12.9. The molecule has 1 heterocycles. The standard InChI is InChI=1S/C18H31Cl2N3O3S/c19-12-3-5-13(6-4-12)23-27(25,26)15-7-8-17(20)16(10-15)18(24)22-14-2-1-9-21-11-14/h12-17,21,23H,1-11H2,(H,22,24). The van der Waals surface area contributed by atoms with Gasteiger partial charge < -0.3 is 10.6 Å². The lowest BCUT2D eigenvalue weighted by molar-refractivity contribution is -0.126. The molecule has 0 spiro atoms. The smallest absolute Gasteiger partial charge is 0.224 e. The van der Waals surface area contributed by atoms with Crippen molar-refractivity contribution in [2.24, 2.45) is 5.92 Å². The van der Waals surface area contributed by atoms with Gasteiger partial charge in [-0.3, -0.25) is 4.79 Å². The van der Waals surface area contributed by atoms with Crippen LogP contribution in [-0.2, 0) is 14.8 Å². The number of halogens is 2. The van der Waals surface area contributed by atoms with Crippen LogP contribution >= 0.6 is 23.2 Å². The van der Waals surface area contributed by atoms with Crippen LogP contribution in [0.25, 0.3) is 0 Å². The highest BCUT2D eigenvalue weighted by Gasteiger charge is 2.41. The van der Waals surface area contributed by atoms with Crippen LogP contribution in [0.3, 0.4) is 0 Å². The zero-order chi connectivity index (χ0) is 19.4. The molecule has 0 aromatic carbocycles. The lowest BCUT2D eigenvalue weighted by Crippen LogP contribution is -2.51. The maximum absolute atomic E-state index is 12.9. The van der Waals surface area contributed by atoms with Gasteiger partial charge in [-0.25, -0.2) is 13.1 Å². The number of hydrogen-bond acceptors (Lipinski definition) is 4. The molecular formula is C18H31Cl2N3O3S. The van der Waals surface area contributed by atoms with Gasteiger partial charge in [0.2, 0.25) is 15.9 Å². The summed E-state index contributed by atoms with van der Waals surface area (Å²) in [6.45, 7) is 1.74. The number of rotatable bonds is 5. The predicted molar refractivity (Wildman–Crippen MR) is 109 cm³/mol. The number of carbonyl (C=O) groups excluding carboxylic acids is 1. The molecule has 0 radical (unpaired) electrons. The predicted octanol–water partition coefficient (Wildman–Crippen LogP) is 2.10. The summed E-state index contributed by atoms with van der Waals surface area (Å²) in [6.07, 6.45) is 6.54. The molecule has 27 heavy (non-hydrogen) atoms. The molecule has 1 aliphatic heterocycles. The molecule has 3 N–H and O–H groups in total. The summed E-state index contributed by atoms with van der Waals surface area (Å²) in [5, 5.41) is 5.63. The molecule has 0 bridgehead atoms.